The molecule has 1 aliphatic rings. The number of aliphatic hydroxyl groups is 1. The fourth-order valence-electron chi connectivity index (χ4n) is 4.16. The van der Waals surface area contributed by atoms with Crippen LogP contribution >= 0.6 is 0 Å². The summed E-state index contributed by atoms with van der Waals surface area (Å²) in [4.78, 5) is 26.7. The van der Waals surface area contributed by atoms with E-state index in [1.807, 2.05) is 6.92 Å². The lowest BCUT2D eigenvalue weighted by atomic mass is 10.0. The minimum atomic E-state index is -0.810. The van der Waals surface area contributed by atoms with E-state index in [0.717, 1.165) is 31.1 Å². The summed E-state index contributed by atoms with van der Waals surface area (Å²) in [6.45, 7) is 2.66. The fourth-order valence-corrected chi connectivity index (χ4v) is 4.16. The molecular weight excluding hydrogens is 373 g/mol. The SMILES string of the molecule is Cc1nc(NCF)nc2c1cc(-c1cccnc1C(C)O)c(=O)n2C1CCCC1. The van der Waals surface area contributed by atoms with Gasteiger partial charge in [-0.05, 0) is 38.8 Å². The maximum atomic E-state index is 13.6. The number of aromatic nitrogens is 4. The van der Waals surface area contributed by atoms with Crippen LogP contribution in [0.15, 0.2) is 29.2 Å². The zero-order valence-electron chi connectivity index (χ0n) is 16.5. The van der Waals surface area contributed by atoms with E-state index in [1.165, 1.54) is 0 Å². The van der Waals surface area contributed by atoms with Gasteiger partial charge in [0.05, 0.1) is 17.5 Å². The average molecular weight is 397 g/mol. The largest absolute Gasteiger partial charge is 0.387 e. The van der Waals surface area contributed by atoms with Crippen molar-refractivity contribution in [3.8, 4) is 11.1 Å². The van der Waals surface area contributed by atoms with Gasteiger partial charge in [-0.25, -0.2) is 9.37 Å². The number of alkyl halides is 1. The average Bonchev–Trinajstić information content (AvgIpc) is 3.22. The first kappa shape index (κ1) is 19.4. The molecule has 1 fully saturated rings. The maximum absolute atomic E-state index is 13.6. The number of aryl methyl sites for hydroxylation is 1. The molecule has 0 aliphatic heterocycles. The Morgan fingerprint density at radius 3 is 2.76 bits per heavy atom. The number of rotatable bonds is 5. The first-order valence-electron chi connectivity index (χ1n) is 9.88. The van der Waals surface area contributed by atoms with Gasteiger partial charge in [0.15, 0.2) is 6.80 Å². The molecule has 0 amide bonds. The van der Waals surface area contributed by atoms with E-state index in [4.69, 9.17) is 0 Å². The minimum Gasteiger partial charge on any atom is -0.387 e. The van der Waals surface area contributed by atoms with Gasteiger partial charge in [0.25, 0.3) is 5.56 Å². The summed E-state index contributed by atoms with van der Waals surface area (Å²) in [5.41, 5.74) is 2.51. The molecule has 8 heteroatoms. The van der Waals surface area contributed by atoms with Crippen molar-refractivity contribution in [2.24, 2.45) is 0 Å². The van der Waals surface area contributed by atoms with Gasteiger partial charge in [0.2, 0.25) is 5.95 Å². The number of nitrogens with zero attached hydrogens (tertiary/aromatic N) is 4. The summed E-state index contributed by atoms with van der Waals surface area (Å²) in [7, 11) is 0. The van der Waals surface area contributed by atoms with Gasteiger partial charge < -0.3 is 10.4 Å². The topological polar surface area (TPSA) is 92.9 Å². The Bertz CT molecular complexity index is 1110. The van der Waals surface area contributed by atoms with Crippen LogP contribution in [0.5, 0.6) is 0 Å². The minimum absolute atomic E-state index is 0.0316. The van der Waals surface area contributed by atoms with Crippen LogP contribution in [-0.4, -0.2) is 31.4 Å². The van der Waals surface area contributed by atoms with Gasteiger partial charge in [0, 0.05) is 28.8 Å². The van der Waals surface area contributed by atoms with Crippen LogP contribution in [0.1, 0.15) is 56.1 Å². The lowest BCUT2D eigenvalue weighted by molar-refractivity contribution is 0.195. The molecule has 0 saturated heterocycles. The smallest absolute Gasteiger partial charge is 0.260 e. The first-order valence-corrected chi connectivity index (χ1v) is 9.88. The highest BCUT2D eigenvalue weighted by Crippen LogP contribution is 2.33. The van der Waals surface area contributed by atoms with Crippen LogP contribution in [0.4, 0.5) is 10.3 Å². The summed E-state index contributed by atoms with van der Waals surface area (Å²) in [5, 5.41) is 13.4. The predicted molar refractivity (Wildman–Crippen MR) is 110 cm³/mol. The fraction of sp³-hybridized carbons (Fsp3) is 0.429. The molecule has 0 bridgehead atoms. The highest BCUT2D eigenvalue weighted by Gasteiger charge is 2.25. The molecule has 3 heterocycles. The van der Waals surface area contributed by atoms with Gasteiger partial charge in [-0.3, -0.25) is 14.3 Å². The maximum Gasteiger partial charge on any atom is 0.260 e. The molecule has 7 nitrogen and oxygen atoms in total. The third kappa shape index (κ3) is 3.48. The number of anilines is 1. The molecule has 152 valence electrons. The van der Waals surface area contributed by atoms with Gasteiger partial charge in [-0.2, -0.15) is 4.98 Å². The second kappa shape index (κ2) is 7.87. The molecule has 1 unspecified atom stereocenters. The summed E-state index contributed by atoms with van der Waals surface area (Å²) in [6.07, 6.45) is 4.68. The Kier molecular flexibility index (Phi) is 5.27. The van der Waals surface area contributed by atoms with Crippen molar-refractivity contribution in [1.82, 2.24) is 19.5 Å². The van der Waals surface area contributed by atoms with E-state index in [2.05, 4.69) is 20.3 Å². The summed E-state index contributed by atoms with van der Waals surface area (Å²) in [5.74, 6) is 0.169. The molecule has 4 rings (SSSR count). The molecule has 3 aromatic heterocycles. The molecule has 2 N–H and O–H groups in total. The summed E-state index contributed by atoms with van der Waals surface area (Å²) < 4.78 is 14.5. The van der Waals surface area contributed by atoms with Crippen LogP contribution < -0.4 is 10.9 Å². The zero-order valence-corrected chi connectivity index (χ0v) is 16.5. The molecule has 1 atom stereocenters. The van der Waals surface area contributed by atoms with Crippen molar-refractivity contribution < 1.29 is 9.50 Å². The lowest BCUT2D eigenvalue weighted by Crippen LogP contribution is -2.27. The van der Waals surface area contributed by atoms with Crippen molar-refractivity contribution in [3.63, 3.8) is 0 Å². The third-order valence-corrected chi connectivity index (χ3v) is 5.52. The standard InChI is InChI=1S/C21H24FN5O2/c1-12-16-10-17(15-8-5-9-23-18(15)13(2)28)20(29)27(14-6-3-4-7-14)19(16)26-21(25-12)24-11-22/h5,8-10,13-14,28H,3-4,6-7,11H2,1-2H3,(H,24,25,26). The molecule has 1 saturated carbocycles. The summed E-state index contributed by atoms with van der Waals surface area (Å²) >= 11 is 0. The zero-order chi connectivity index (χ0) is 20.5. The van der Waals surface area contributed by atoms with Gasteiger partial charge in [-0.1, -0.05) is 18.9 Å². The lowest BCUT2D eigenvalue weighted by Gasteiger charge is -2.20. The second-order valence-electron chi connectivity index (χ2n) is 7.46. The number of fused-ring (bicyclic) bond motifs is 1. The van der Waals surface area contributed by atoms with Crippen molar-refractivity contribution in [1.29, 1.82) is 0 Å². The Labute approximate surface area is 167 Å². The van der Waals surface area contributed by atoms with E-state index < -0.39 is 12.9 Å². The number of aliphatic hydroxyl groups excluding tert-OH is 1. The van der Waals surface area contributed by atoms with Gasteiger partial charge >= 0.3 is 0 Å². The van der Waals surface area contributed by atoms with Crippen LogP contribution in [0.3, 0.4) is 0 Å². The van der Waals surface area contributed by atoms with E-state index >= 15 is 0 Å². The van der Waals surface area contributed by atoms with Crippen molar-refractivity contribution in [2.45, 2.75) is 51.7 Å². The number of hydrogen-bond donors (Lipinski definition) is 2. The van der Waals surface area contributed by atoms with Crippen LogP contribution in [0, 0.1) is 6.92 Å². The Hall–Kier alpha value is -2.87. The van der Waals surface area contributed by atoms with E-state index in [1.54, 1.807) is 35.9 Å². The van der Waals surface area contributed by atoms with Gasteiger partial charge in [0.1, 0.15) is 5.65 Å². The van der Waals surface area contributed by atoms with Crippen LogP contribution in [-0.2, 0) is 0 Å². The second-order valence-corrected chi connectivity index (χ2v) is 7.46. The third-order valence-electron chi connectivity index (χ3n) is 5.52. The van der Waals surface area contributed by atoms with E-state index in [9.17, 15) is 14.3 Å². The van der Waals surface area contributed by atoms with E-state index in [0.29, 0.717) is 28.2 Å². The first-order chi connectivity index (χ1) is 14.0. The van der Waals surface area contributed by atoms with Crippen molar-refractivity contribution >= 4 is 17.0 Å². The number of hydrogen-bond acceptors (Lipinski definition) is 6. The number of halogens is 1. The van der Waals surface area contributed by atoms with Crippen LogP contribution in [0.25, 0.3) is 22.2 Å². The molecular formula is C21H24FN5O2. The quantitative estimate of drug-likeness (QED) is 0.638. The molecule has 0 aromatic carbocycles. The van der Waals surface area contributed by atoms with Crippen LogP contribution in [0.2, 0.25) is 0 Å². The predicted octanol–water partition coefficient (Wildman–Crippen LogP) is 3.67. The monoisotopic (exact) mass is 397 g/mol. The number of nitrogens with one attached hydrogen (secondary N) is 1. The van der Waals surface area contributed by atoms with Gasteiger partial charge in [-0.15, -0.1) is 0 Å². The van der Waals surface area contributed by atoms with Crippen molar-refractivity contribution in [3.05, 3.63) is 46.1 Å². The molecule has 0 spiro atoms. The summed E-state index contributed by atoms with van der Waals surface area (Å²) in [6, 6.07) is 5.35. The van der Waals surface area contributed by atoms with E-state index in [-0.39, 0.29) is 17.5 Å². The Morgan fingerprint density at radius 2 is 2.07 bits per heavy atom. The molecule has 0 radical (unpaired) electrons. The number of pyridine rings is 2. The molecule has 1 aliphatic carbocycles. The highest BCUT2D eigenvalue weighted by molar-refractivity contribution is 5.84. The Balaban J connectivity index is 2.06. The highest BCUT2D eigenvalue weighted by atomic mass is 19.1. The normalized spacial score (nSPS) is 15.7. The van der Waals surface area contributed by atoms with Crippen molar-refractivity contribution in [2.75, 3.05) is 12.1 Å². The Morgan fingerprint density at radius 1 is 1.31 bits per heavy atom. The molecule has 3 aromatic rings. The molecule has 29 heavy (non-hydrogen) atoms.